The summed E-state index contributed by atoms with van der Waals surface area (Å²) in [5.74, 6) is 0. The second kappa shape index (κ2) is 5.33. The van der Waals surface area contributed by atoms with Crippen LogP contribution < -0.4 is 0 Å². The van der Waals surface area contributed by atoms with Crippen molar-refractivity contribution in [3.63, 3.8) is 0 Å². The van der Waals surface area contributed by atoms with E-state index in [-0.39, 0.29) is 6.10 Å². The molecule has 1 fully saturated rings. The second-order valence-corrected chi connectivity index (χ2v) is 3.43. The fraction of sp³-hybridized carbons (Fsp3) is 0.800. The van der Waals surface area contributed by atoms with Crippen molar-refractivity contribution in [3.05, 3.63) is 12.2 Å². The van der Waals surface area contributed by atoms with E-state index in [4.69, 9.17) is 0 Å². The van der Waals surface area contributed by atoms with Crippen LogP contribution in [0.25, 0.3) is 0 Å². The molecule has 1 saturated heterocycles. The van der Waals surface area contributed by atoms with Gasteiger partial charge in [0.05, 0.1) is 6.10 Å². The highest BCUT2D eigenvalue weighted by Gasteiger charge is 2.15. The summed E-state index contributed by atoms with van der Waals surface area (Å²) in [5, 5.41) is 9.26. The van der Waals surface area contributed by atoms with Crippen LogP contribution in [-0.4, -0.2) is 35.7 Å². The van der Waals surface area contributed by atoms with Crippen molar-refractivity contribution in [2.24, 2.45) is 0 Å². The zero-order chi connectivity index (χ0) is 8.81. The number of allylic oxidation sites excluding steroid dienone is 1. The summed E-state index contributed by atoms with van der Waals surface area (Å²) >= 11 is 0. The van der Waals surface area contributed by atoms with Crippen LogP contribution in [0.2, 0.25) is 0 Å². The van der Waals surface area contributed by atoms with E-state index in [2.05, 4.69) is 24.0 Å². The summed E-state index contributed by atoms with van der Waals surface area (Å²) < 4.78 is 0. The minimum Gasteiger partial charge on any atom is -0.393 e. The summed E-state index contributed by atoms with van der Waals surface area (Å²) in [6, 6.07) is 0. The highest BCUT2D eigenvalue weighted by Crippen LogP contribution is 2.09. The number of likely N-dealkylation sites (tertiary alicyclic amines) is 1. The van der Waals surface area contributed by atoms with Crippen LogP contribution in [0.3, 0.4) is 0 Å². The van der Waals surface area contributed by atoms with Crippen molar-refractivity contribution in [3.8, 4) is 0 Å². The first-order valence-electron chi connectivity index (χ1n) is 4.84. The molecule has 0 bridgehead atoms. The molecule has 12 heavy (non-hydrogen) atoms. The third-order valence-electron chi connectivity index (χ3n) is 2.40. The minimum absolute atomic E-state index is 0.0389. The Morgan fingerprint density at radius 2 is 2.08 bits per heavy atom. The molecule has 0 aromatic heterocycles. The number of aliphatic hydroxyl groups is 1. The zero-order valence-electron chi connectivity index (χ0n) is 7.87. The first-order chi connectivity index (χ1) is 5.83. The van der Waals surface area contributed by atoms with Gasteiger partial charge in [-0.25, -0.2) is 0 Å². The second-order valence-electron chi connectivity index (χ2n) is 3.43. The Morgan fingerprint density at radius 1 is 1.42 bits per heavy atom. The molecule has 0 saturated carbocycles. The quantitative estimate of drug-likeness (QED) is 0.646. The molecule has 2 heteroatoms. The van der Waals surface area contributed by atoms with E-state index < -0.39 is 0 Å². The molecular formula is C10H19NO. The van der Waals surface area contributed by atoms with Gasteiger partial charge in [0.2, 0.25) is 0 Å². The van der Waals surface area contributed by atoms with Gasteiger partial charge in [-0.2, -0.15) is 0 Å². The molecule has 0 aromatic rings. The number of aliphatic hydroxyl groups excluding tert-OH is 1. The third kappa shape index (κ3) is 3.37. The van der Waals surface area contributed by atoms with Crippen LogP contribution in [0.15, 0.2) is 12.2 Å². The Labute approximate surface area is 74.9 Å². The molecule has 2 nitrogen and oxygen atoms in total. The molecule has 1 N–H and O–H groups in total. The maximum atomic E-state index is 9.26. The van der Waals surface area contributed by atoms with Gasteiger partial charge < -0.3 is 10.0 Å². The molecule has 0 unspecified atom stereocenters. The highest BCUT2D eigenvalue weighted by molar-refractivity contribution is 4.79. The van der Waals surface area contributed by atoms with E-state index >= 15 is 0 Å². The first-order valence-corrected chi connectivity index (χ1v) is 4.84. The van der Waals surface area contributed by atoms with Gasteiger partial charge in [-0.05, 0) is 26.2 Å². The molecule has 1 rings (SSSR count). The largest absolute Gasteiger partial charge is 0.393 e. The van der Waals surface area contributed by atoms with E-state index in [9.17, 15) is 5.11 Å². The van der Waals surface area contributed by atoms with E-state index in [0.29, 0.717) is 0 Å². The fourth-order valence-corrected chi connectivity index (χ4v) is 1.57. The normalized spacial score (nSPS) is 22.2. The number of rotatable bonds is 3. The van der Waals surface area contributed by atoms with Gasteiger partial charge in [0.1, 0.15) is 0 Å². The highest BCUT2D eigenvalue weighted by atomic mass is 16.3. The van der Waals surface area contributed by atoms with Crippen molar-refractivity contribution < 1.29 is 5.11 Å². The fourth-order valence-electron chi connectivity index (χ4n) is 1.57. The number of nitrogens with zero attached hydrogens (tertiary/aromatic N) is 1. The summed E-state index contributed by atoms with van der Waals surface area (Å²) in [6.45, 7) is 5.34. The molecular weight excluding hydrogens is 150 g/mol. The van der Waals surface area contributed by atoms with Gasteiger partial charge >= 0.3 is 0 Å². The molecule has 1 aliphatic heterocycles. The van der Waals surface area contributed by atoms with Gasteiger partial charge in [-0.1, -0.05) is 12.2 Å². The van der Waals surface area contributed by atoms with Crippen LogP contribution in [-0.2, 0) is 0 Å². The first kappa shape index (κ1) is 9.75. The molecule has 0 aromatic carbocycles. The Balaban J connectivity index is 2.09. The Bertz CT molecular complexity index is 137. The summed E-state index contributed by atoms with van der Waals surface area (Å²) in [6.07, 6.45) is 7.31. The van der Waals surface area contributed by atoms with Crippen LogP contribution in [0, 0.1) is 0 Å². The van der Waals surface area contributed by atoms with Crippen molar-refractivity contribution in [2.75, 3.05) is 19.6 Å². The van der Waals surface area contributed by atoms with Crippen LogP contribution in [0.1, 0.15) is 26.2 Å². The Hall–Kier alpha value is -0.340. The Kier molecular flexibility index (Phi) is 4.33. The van der Waals surface area contributed by atoms with Gasteiger partial charge in [0.15, 0.2) is 0 Å². The minimum atomic E-state index is -0.0389. The van der Waals surface area contributed by atoms with Crippen LogP contribution in [0.5, 0.6) is 0 Å². The van der Waals surface area contributed by atoms with E-state index in [1.807, 2.05) is 0 Å². The average Bonchev–Trinajstić information content (AvgIpc) is 2.09. The molecule has 1 heterocycles. The van der Waals surface area contributed by atoms with E-state index in [1.165, 1.54) is 0 Å². The topological polar surface area (TPSA) is 23.5 Å². The number of hydrogen-bond acceptors (Lipinski definition) is 2. The number of hydrogen-bond donors (Lipinski definition) is 1. The maximum Gasteiger partial charge on any atom is 0.0564 e. The lowest BCUT2D eigenvalue weighted by molar-refractivity contribution is 0.0835. The average molecular weight is 169 g/mol. The van der Waals surface area contributed by atoms with Gasteiger partial charge in [-0.3, -0.25) is 0 Å². The molecule has 0 aliphatic carbocycles. The van der Waals surface area contributed by atoms with Crippen LogP contribution in [0.4, 0.5) is 0 Å². The lowest BCUT2D eigenvalue weighted by Gasteiger charge is -2.28. The standard InChI is InChI=1S/C10H19NO/c1-2-3-4-7-11-8-5-10(12)6-9-11/h2-3,10,12H,4-9H2,1H3/b3-2-. The monoisotopic (exact) mass is 169 g/mol. The SMILES string of the molecule is C/C=C\CCN1CCC(O)CC1. The van der Waals surface area contributed by atoms with Gasteiger partial charge in [0.25, 0.3) is 0 Å². The van der Waals surface area contributed by atoms with Crippen LogP contribution >= 0.6 is 0 Å². The lowest BCUT2D eigenvalue weighted by Crippen LogP contribution is -2.36. The molecule has 1 aliphatic rings. The van der Waals surface area contributed by atoms with Gasteiger partial charge in [0, 0.05) is 19.6 Å². The van der Waals surface area contributed by atoms with Gasteiger partial charge in [-0.15, -0.1) is 0 Å². The number of piperidine rings is 1. The van der Waals surface area contributed by atoms with E-state index in [1.54, 1.807) is 0 Å². The smallest absolute Gasteiger partial charge is 0.0564 e. The zero-order valence-corrected chi connectivity index (χ0v) is 7.87. The summed E-state index contributed by atoms with van der Waals surface area (Å²) in [4.78, 5) is 2.42. The summed E-state index contributed by atoms with van der Waals surface area (Å²) in [5.41, 5.74) is 0. The van der Waals surface area contributed by atoms with E-state index in [0.717, 1.165) is 38.9 Å². The predicted octanol–water partition coefficient (Wildman–Crippen LogP) is 1.41. The summed E-state index contributed by atoms with van der Waals surface area (Å²) in [7, 11) is 0. The third-order valence-corrected chi connectivity index (χ3v) is 2.40. The van der Waals surface area contributed by atoms with Crippen molar-refractivity contribution in [1.29, 1.82) is 0 Å². The van der Waals surface area contributed by atoms with Crippen molar-refractivity contribution in [2.45, 2.75) is 32.3 Å². The molecule has 0 amide bonds. The van der Waals surface area contributed by atoms with Crippen molar-refractivity contribution in [1.82, 2.24) is 4.90 Å². The lowest BCUT2D eigenvalue weighted by atomic mass is 10.1. The molecule has 0 spiro atoms. The molecule has 0 radical (unpaired) electrons. The van der Waals surface area contributed by atoms with Crippen molar-refractivity contribution >= 4 is 0 Å². The predicted molar refractivity (Wildman–Crippen MR) is 51.1 cm³/mol. The Morgan fingerprint density at radius 3 is 2.67 bits per heavy atom. The maximum absolute atomic E-state index is 9.26. The molecule has 0 atom stereocenters. The molecule has 70 valence electrons.